The number of hydrogen-bond donors (Lipinski definition) is 1. The fraction of sp³-hybridized carbons (Fsp3) is 0.188. The van der Waals surface area contributed by atoms with Crippen molar-refractivity contribution < 1.29 is 4.74 Å². The second-order valence-electron chi connectivity index (χ2n) is 4.59. The van der Waals surface area contributed by atoms with Gasteiger partial charge >= 0.3 is 0 Å². The number of nitrogens with zero attached hydrogens (tertiary/aromatic N) is 1. The minimum atomic E-state index is 0.453. The number of anilines is 1. The molecule has 20 heavy (non-hydrogen) atoms. The molecule has 1 heterocycles. The molecule has 3 rings (SSSR count). The van der Waals surface area contributed by atoms with Gasteiger partial charge in [-0.3, -0.25) is 0 Å². The molecule has 4 heteroatoms. The van der Waals surface area contributed by atoms with E-state index in [0.29, 0.717) is 12.3 Å². The average Bonchev–Trinajstić information content (AvgIpc) is 2.88. The first-order chi connectivity index (χ1) is 9.76. The number of nitrogens with two attached hydrogens (primary N) is 1. The van der Waals surface area contributed by atoms with E-state index in [-0.39, 0.29) is 0 Å². The van der Waals surface area contributed by atoms with Crippen LogP contribution in [0.2, 0.25) is 0 Å². The van der Waals surface area contributed by atoms with E-state index in [2.05, 4.69) is 18.0 Å². The number of nitrogen functional groups attached to an aromatic ring is 1. The molecule has 2 aromatic carbocycles. The number of aromatic nitrogens is 1. The van der Waals surface area contributed by atoms with Crippen LogP contribution < -0.4 is 10.5 Å². The highest BCUT2D eigenvalue weighted by atomic mass is 32.1. The van der Waals surface area contributed by atoms with Crippen LogP contribution in [0, 0.1) is 0 Å². The summed E-state index contributed by atoms with van der Waals surface area (Å²) >= 11 is 1.65. The molecule has 0 radical (unpaired) electrons. The molecular formula is C16H16N2OS. The summed E-state index contributed by atoms with van der Waals surface area (Å²) in [7, 11) is 0. The molecule has 1 aromatic heterocycles. The highest BCUT2D eigenvalue weighted by molar-refractivity contribution is 7.18. The van der Waals surface area contributed by atoms with Crippen LogP contribution in [0.4, 0.5) is 5.69 Å². The van der Waals surface area contributed by atoms with Crippen molar-refractivity contribution in [3.8, 4) is 5.75 Å². The summed E-state index contributed by atoms with van der Waals surface area (Å²) in [5, 5.41) is 0.963. The molecule has 0 saturated carbocycles. The molecule has 0 bridgehead atoms. The molecule has 0 aliphatic carbocycles. The number of thiazole rings is 1. The van der Waals surface area contributed by atoms with Gasteiger partial charge in [-0.15, -0.1) is 11.3 Å². The van der Waals surface area contributed by atoms with Crippen LogP contribution in [0.15, 0.2) is 42.5 Å². The predicted octanol–water partition coefficient (Wildman–Crippen LogP) is 4.02. The Labute approximate surface area is 122 Å². The SMILES string of the molecule is CCc1ccc(OCc2nc3ccccc3s2)c(N)c1. The zero-order valence-corrected chi connectivity index (χ0v) is 12.1. The smallest absolute Gasteiger partial charge is 0.142 e. The van der Waals surface area contributed by atoms with Gasteiger partial charge in [-0.05, 0) is 36.2 Å². The van der Waals surface area contributed by atoms with Gasteiger partial charge < -0.3 is 10.5 Å². The zero-order chi connectivity index (χ0) is 13.9. The molecule has 0 fully saturated rings. The molecular weight excluding hydrogens is 268 g/mol. The van der Waals surface area contributed by atoms with Gasteiger partial charge in [0.25, 0.3) is 0 Å². The Morgan fingerprint density at radius 1 is 1.20 bits per heavy atom. The van der Waals surface area contributed by atoms with Crippen molar-refractivity contribution in [3.05, 3.63) is 53.0 Å². The maximum absolute atomic E-state index is 5.99. The van der Waals surface area contributed by atoms with E-state index >= 15 is 0 Å². The lowest BCUT2D eigenvalue weighted by molar-refractivity contribution is 0.307. The summed E-state index contributed by atoms with van der Waals surface area (Å²) in [5.74, 6) is 0.724. The molecule has 102 valence electrons. The summed E-state index contributed by atoms with van der Waals surface area (Å²) in [5.41, 5.74) is 8.92. The second-order valence-corrected chi connectivity index (χ2v) is 5.70. The van der Waals surface area contributed by atoms with E-state index in [9.17, 15) is 0 Å². The van der Waals surface area contributed by atoms with Crippen molar-refractivity contribution in [1.82, 2.24) is 4.98 Å². The predicted molar refractivity (Wildman–Crippen MR) is 84.2 cm³/mol. The summed E-state index contributed by atoms with van der Waals surface area (Å²) in [4.78, 5) is 4.54. The van der Waals surface area contributed by atoms with E-state index in [0.717, 1.165) is 22.7 Å². The number of para-hydroxylation sites is 1. The molecule has 2 N–H and O–H groups in total. The van der Waals surface area contributed by atoms with Gasteiger partial charge in [0.1, 0.15) is 17.4 Å². The fourth-order valence-electron chi connectivity index (χ4n) is 2.07. The van der Waals surface area contributed by atoms with Crippen molar-refractivity contribution in [2.75, 3.05) is 5.73 Å². The van der Waals surface area contributed by atoms with Crippen LogP contribution in [0.5, 0.6) is 5.75 Å². The number of rotatable bonds is 4. The van der Waals surface area contributed by atoms with E-state index in [1.807, 2.05) is 36.4 Å². The number of ether oxygens (including phenoxy) is 1. The molecule has 0 aliphatic heterocycles. The summed E-state index contributed by atoms with van der Waals surface area (Å²) in [6, 6.07) is 14.0. The molecule has 0 amide bonds. The number of benzene rings is 2. The third kappa shape index (κ3) is 2.60. The molecule has 0 unspecified atom stereocenters. The largest absolute Gasteiger partial charge is 0.484 e. The van der Waals surface area contributed by atoms with Crippen molar-refractivity contribution in [2.24, 2.45) is 0 Å². The molecule has 0 spiro atoms. The Bertz CT molecular complexity index is 703. The van der Waals surface area contributed by atoms with Crippen LogP contribution in [0.25, 0.3) is 10.2 Å². The van der Waals surface area contributed by atoms with E-state index in [1.165, 1.54) is 10.3 Å². The van der Waals surface area contributed by atoms with Gasteiger partial charge in [0.05, 0.1) is 15.9 Å². The zero-order valence-electron chi connectivity index (χ0n) is 11.3. The lowest BCUT2D eigenvalue weighted by Crippen LogP contribution is -1.99. The van der Waals surface area contributed by atoms with Crippen LogP contribution >= 0.6 is 11.3 Å². The van der Waals surface area contributed by atoms with Crippen molar-refractivity contribution >= 4 is 27.2 Å². The first-order valence-electron chi connectivity index (χ1n) is 6.62. The first-order valence-corrected chi connectivity index (χ1v) is 7.43. The van der Waals surface area contributed by atoms with E-state index < -0.39 is 0 Å². The van der Waals surface area contributed by atoms with Gasteiger partial charge in [0, 0.05) is 0 Å². The molecule has 3 aromatic rings. The van der Waals surface area contributed by atoms with Crippen LogP contribution in [-0.2, 0) is 13.0 Å². The Morgan fingerprint density at radius 3 is 2.80 bits per heavy atom. The summed E-state index contributed by atoms with van der Waals surface area (Å²) in [6.45, 7) is 2.56. The standard InChI is InChI=1S/C16H16N2OS/c1-2-11-7-8-14(12(17)9-11)19-10-16-18-13-5-3-4-6-15(13)20-16/h3-9H,2,10,17H2,1H3. The maximum atomic E-state index is 5.99. The Kier molecular flexibility index (Phi) is 3.56. The highest BCUT2D eigenvalue weighted by Crippen LogP contribution is 2.26. The Balaban J connectivity index is 1.75. The second kappa shape index (κ2) is 5.51. The molecule has 3 nitrogen and oxygen atoms in total. The molecule has 0 aliphatic rings. The van der Waals surface area contributed by atoms with Gasteiger partial charge in [-0.2, -0.15) is 0 Å². The van der Waals surface area contributed by atoms with Crippen LogP contribution in [-0.4, -0.2) is 4.98 Å². The topological polar surface area (TPSA) is 48.1 Å². The van der Waals surface area contributed by atoms with Crippen LogP contribution in [0.3, 0.4) is 0 Å². The van der Waals surface area contributed by atoms with Crippen molar-refractivity contribution in [2.45, 2.75) is 20.0 Å². The van der Waals surface area contributed by atoms with Crippen molar-refractivity contribution in [3.63, 3.8) is 0 Å². The minimum Gasteiger partial charge on any atom is -0.484 e. The maximum Gasteiger partial charge on any atom is 0.142 e. The third-order valence-electron chi connectivity index (χ3n) is 3.17. The molecule has 0 saturated heterocycles. The fourth-order valence-corrected chi connectivity index (χ4v) is 2.95. The van der Waals surface area contributed by atoms with E-state index in [1.54, 1.807) is 11.3 Å². The van der Waals surface area contributed by atoms with E-state index in [4.69, 9.17) is 10.5 Å². The first kappa shape index (κ1) is 12.9. The Hall–Kier alpha value is -2.07. The number of fused-ring (bicyclic) bond motifs is 1. The normalized spacial score (nSPS) is 10.8. The monoisotopic (exact) mass is 284 g/mol. The summed E-state index contributed by atoms with van der Waals surface area (Å²) in [6.07, 6.45) is 0.975. The van der Waals surface area contributed by atoms with Crippen LogP contribution in [0.1, 0.15) is 17.5 Å². The number of hydrogen-bond acceptors (Lipinski definition) is 4. The Morgan fingerprint density at radius 2 is 2.05 bits per heavy atom. The third-order valence-corrected chi connectivity index (χ3v) is 4.18. The highest BCUT2D eigenvalue weighted by Gasteiger charge is 2.06. The molecule has 0 atom stereocenters. The van der Waals surface area contributed by atoms with Crippen molar-refractivity contribution in [1.29, 1.82) is 0 Å². The quantitative estimate of drug-likeness (QED) is 0.736. The number of aryl methyl sites for hydroxylation is 1. The lowest BCUT2D eigenvalue weighted by atomic mass is 10.1. The van der Waals surface area contributed by atoms with Gasteiger partial charge in [0.15, 0.2) is 0 Å². The average molecular weight is 284 g/mol. The summed E-state index contributed by atoms with van der Waals surface area (Å²) < 4.78 is 6.96. The van der Waals surface area contributed by atoms with Gasteiger partial charge in [-0.25, -0.2) is 4.98 Å². The van der Waals surface area contributed by atoms with Gasteiger partial charge in [0.2, 0.25) is 0 Å². The minimum absolute atomic E-state index is 0.453. The van der Waals surface area contributed by atoms with Gasteiger partial charge in [-0.1, -0.05) is 25.1 Å². The lowest BCUT2D eigenvalue weighted by Gasteiger charge is -2.08.